The van der Waals surface area contributed by atoms with Crippen LogP contribution in [0.3, 0.4) is 0 Å². The molecule has 152 valence electrons. The molecule has 4 rings (SSSR count). The third-order valence-corrected chi connectivity index (χ3v) is 6.44. The van der Waals surface area contributed by atoms with E-state index in [1.165, 1.54) is 24.1 Å². The van der Waals surface area contributed by atoms with Crippen molar-refractivity contribution in [3.63, 3.8) is 0 Å². The second kappa shape index (κ2) is 9.53. The minimum Gasteiger partial charge on any atom is -0.497 e. The van der Waals surface area contributed by atoms with Crippen molar-refractivity contribution in [2.75, 3.05) is 26.7 Å². The Morgan fingerprint density at radius 3 is 2.69 bits per heavy atom. The quantitative estimate of drug-likeness (QED) is 0.625. The van der Waals surface area contributed by atoms with Gasteiger partial charge in [0.2, 0.25) is 0 Å². The number of nitrogens with zero attached hydrogens (tertiary/aromatic N) is 1. The van der Waals surface area contributed by atoms with Crippen molar-refractivity contribution in [3.05, 3.63) is 77.4 Å². The van der Waals surface area contributed by atoms with Crippen molar-refractivity contribution < 1.29 is 4.74 Å². The summed E-state index contributed by atoms with van der Waals surface area (Å²) in [7, 11) is 1.75. The molecule has 0 saturated carbocycles. The maximum absolute atomic E-state index is 5.54. The molecule has 2 nitrogen and oxygen atoms in total. The number of halogens is 1. The van der Waals surface area contributed by atoms with Gasteiger partial charge in [0.05, 0.1) is 7.11 Å². The van der Waals surface area contributed by atoms with Crippen LogP contribution in [0.15, 0.2) is 66.2 Å². The summed E-state index contributed by atoms with van der Waals surface area (Å²) >= 11 is 0. The second-order valence-corrected chi connectivity index (χ2v) is 7.94. The first-order chi connectivity index (χ1) is 13.7. The van der Waals surface area contributed by atoms with Crippen LogP contribution in [0.2, 0.25) is 0 Å². The van der Waals surface area contributed by atoms with Crippen LogP contribution in [-0.4, -0.2) is 31.6 Å². The Labute approximate surface area is 181 Å². The number of ether oxygens (including phenoxy) is 1. The number of methoxy groups -OCH3 is 1. The molecular formula is C26H30ClNO. The summed E-state index contributed by atoms with van der Waals surface area (Å²) in [6.45, 7) is 5.72. The van der Waals surface area contributed by atoms with Crippen LogP contribution in [0, 0.1) is 17.8 Å². The average Bonchev–Trinajstić information content (AvgIpc) is 2.77. The lowest BCUT2D eigenvalue weighted by atomic mass is 9.61. The summed E-state index contributed by atoms with van der Waals surface area (Å²) in [5, 5.41) is 0. The molecule has 0 unspecified atom stereocenters. The molecule has 2 aromatic rings. The number of fused-ring (bicyclic) bond motifs is 1. The van der Waals surface area contributed by atoms with E-state index >= 15 is 0 Å². The summed E-state index contributed by atoms with van der Waals surface area (Å²) in [5.74, 6) is 8.43. The normalized spacial score (nSPS) is 23.7. The molecule has 0 N–H and O–H groups in total. The van der Waals surface area contributed by atoms with Crippen molar-refractivity contribution in [3.8, 4) is 17.6 Å². The Morgan fingerprint density at radius 1 is 1.10 bits per heavy atom. The SMILES string of the molecule is CCN1CC[C@@]2(c3cccc(OC)c3)C=C(C#Cc3ccccc3)CC[C@@H]2C1.Cl. The maximum atomic E-state index is 5.54. The molecule has 2 aliphatic rings. The molecule has 1 fully saturated rings. The molecule has 1 aliphatic heterocycles. The van der Waals surface area contributed by atoms with Gasteiger partial charge in [-0.2, -0.15) is 0 Å². The first kappa shape index (κ1) is 21.5. The van der Waals surface area contributed by atoms with E-state index < -0.39 is 0 Å². The number of rotatable bonds is 3. The third-order valence-electron chi connectivity index (χ3n) is 6.44. The average molecular weight is 408 g/mol. The first-order valence-electron chi connectivity index (χ1n) is 10.4. The molecule has 3 heteroatoms. The fraction of sp³-hybridized carbons (Fsp3) is 0.385. The molecular weight excluding hydrogens is 378 g/mol. The standard InChI is InChI=1S/C26H29NO.ClH/c1-3-27-17-16-26(23-10-7-11-25(18-23)28-2)19-22(14-15-24(26)20-27)13-12-21-8-5-4-6-9-21;/h4-11,18-19,24H,3,14-17,20H2,1-2H3;1H/t24-,26+;/m1./s1. The van der Waals surface area contributed by atoms with E-state index in [0.717, 1.165) is 37.2 Å². The van der Waals surface area contributed by atoms with Gasteiger partial charge in [0, 0.05) is 17.5 Å². The summed E-state index contributed by atoms with van der Waals surface area (Å²) in [4.78, 5) is 2.59. The number of likely N-dealkylation sites (tertiary alicyclic amines) is 1. The van der Waals surface area contributed by atoms with Gasteiger partial charge in [-0.25, -0.2) is 0 Å². The van der Waals surface area contributed by atoms with Crippen LogP contribution in [-0.2, 0) is 5.41 Å². The molecule has 0 radical (unpaired) electrons. The zero-order chi connectivity index (χ0) is 19.4. The van der Waals surface area contributed by atoms with Crippen molar-refractivity contribution in [2.24, 2.45) is 5.92 Å². The molecule has 1 saturated heterocycles. The number of allylic oxidation sites excluding steroid dienone is 2. The van der Waals surface area contributed by atoms with Crippen molar-refractivity contribution in [2.45, 2.75) is 31.6 Å². The van der Waals surface area contributed by atoms with Gasteiger partial charge in [0.1, 0.15) is 5.75 Å². The van der Waals surface area contributed by atoms with Gasteiger partial charge in [-0.3, -0.25) is 0 Å². The minimum absolute atomic E-state index is 0. The fourth-order valence-electron chi connectivity index (χ4n) is 4.80. The molecule has 1 aliphatic carbocycles. The molecule has 1 heterocycles. The number of benzene rings is 2. The van der Waals surface area contributed by atoms with Crippen LogP contribution in [0.5, 0.6) is 5.75 Å². The van der Waals surface area contributed by atoms with Crippen LogP contribution in [0.1, 0.15) is 37.3 Å². The maximum Gasteiger partial charge on any atom is 0.119 e. The van der Waals surface area contributed by atoms with E-state index in [9.17, 15) is 0 Å². The minimum atomic E-state index is 0. The molecule has 0 amide bonds. The highest BCUT2D eigenvalue weighted by molar-refractivity contribution is 5.85. The fourth-order valence-corrected chi connectivity index (χ4v) is 4.80. The van der Waals surface area contributed by atoms with Crippen molar-refractivity contribution in [1.82, 2.24) is 4.90 Å². The summed E-state index contributed by atoms with van der Waals surface area (Å²) in [6.07, 6.45) is 5.92. The summed E-state index contributed by atoms with van der Waals surface area (Å²) in [6, 6.07) is 19.0. The molecule has 0 spiro atoms. The largest absolute Gasteiger partial charge is 0.497 e. The molecule has 2 aromatic carbocycles. The van der Waals surface area contributed by atoms with E-state index in [2.05, 4.69) is 60.1 Å². The number of hydrogen-bond acceptors (Lipinski definition) is 2. The molecule has 0 bridgehead atoms. The Hall–Kier alpha value is -2.21. The lowest BCUT2D eigenvalue weighted by molar-refractivity contribution is 0.110. The predicted molar refractivity (Wildman–Crippen MR) is 123 cm³/mol. The number of hydrogen-bond donors (Lipinski definition) is 0. The molecule has 0 aromatic heterocycles. The van der Waals surface area contributed by atoms with Gasteiger partial charge in [0.25, 0.3) is 0 Å². The van der Waals surface area contributed by atoms with Gasteiger partial charge in [-0.15, -0.1) is 12.4 Å². The van der Waals surface area contributed by atoms with E-state index in [-0.39, 0.29) is 17.8 Å². The van der Waals surface area contributed by atoms with Crippen LogP contribution in [0.25, 0.3) is 0 Å². The van der Waals surface area contributed by atoms with Gasteiger partial charge in [0.15, 0.2) is 0 Å². The van der Waals surface area contributed by atoms with Crippen molar-refractivity contribution in [1.29, 1.82) is 0 Å². The van der Waals surface area contributed by atoms with Crippen LogP contribution in [0.4, 0.5) is 0 Å². The van der Waals surface area contributed by atoms with Gasteiger partial charge in [-0.1, -0.05) is 55.2 Å². The van der Waals surface area contributed by atoms with E-state index in [4.69, 9.17) is 4.74 Å². The topological polar surface area (TPSA) is 12.5 Å². The van der Waals surface area contributed by atoms with Crippen molar-refractivity contribution >= 4 is 12.4 Å². The van der Waals surface area contributed by atoms with Gasteiger partial charge >= 0.3 is 0 Å². The Morgan fingerprint density at radius 2 is 1.93 bits per heavy atom. The summed E-state index contributed by atoms with van der Waals surface area (Å²) in [5.41, 5.74) is 3.82. The van der Waals surface area contributed by atoms with E-state index in [0.29, 0.717) is 5.92 Å². The van der Waals surface area contributed by atoms with Gasteiger partial charge < -0.3 is 9.64 Å². The van der Waals surface area contributed by atoms with E-state index in [1.54, 1.807) is 7.11 Å². The monoisotopic (exact) mass is 407 g/mol. The Balaban J connectivity index is 0.00000240. The third kappa shape index (κ3) is 4.53. The number of piperidine rings is 1. The van der Waals surface area contributed by atoms with Gasteiger partial charge in [-0.05, 0) is 73.7 Å². The van der Waals surface area contributed by atoms with Crippen LogP contribution >= 0.6 is 12.4 Å². The highest BCUT2D eigenvalue weighted by Gasteiger charge is 2.44. The highest BCUT2D eigenvalue weighted by Crippen LogP contribution is 2.48. The van der Waals surface area contributed by atoms with E-state index in [1.807, 2.05) is 24.3 Å². The second-order valence-electron chi connectivity index (χ2n) is 7.94. The lowest BCUT2D eigenvalue weighted by Gasteiger charge is -2.49. The zero-order valence-electron chi connectivity index (χ0n) is 17.4. The first-order valence-corrected chi connectivity index (χ1v) is 10.4. The smallest absolute Gasteiger partial charge is 0.119 e. The highest BCUT2D eigenvalue weighted by atomic mass is 35.5. The molecule has 29 heavy (non-hydrogen) atoms. The zero-order valence-corrected chi connectivity index (χ0v) is 18.2. The summed E-state index contributed by atoms with van der Waals surface area (Å²) < 4.78 is 5.54. The lowest BCUT2D eigenvalue weighted by Crippen LogP contribution is -2.50. The Kier molecular flexibility index (Phi) is 7.06. The molecule has 2 atom stereocenters. The van der Waals surface area contributed by atoms with Crippen LogP contribution < -0.4 is 4.74 Å². The predicted octanol–water partition coefficient (Wildman–Crippen LogP) is 5.47. The Bertz CT molecular complexity index is 911.